The molecule has 96 valence electrons. The summed E-state index contributed by atoms with van der Waals surface area (Å²) >= 11 is 0. The largest absolute Gasteiger partial charge is 0.312 e. The molecule has 0 aliphatic rings. The zero-order valence-electron chi connectivity index (χ0n) is 10.7. The van der Waals surface area contributed by atoms with Crippen molar-refractivity contribution in [1.82, 2.24) is 19.2 Å². The second-order valence-corrected chi connectivity index (χ2v) is 4.37. The van der Waals surface area contributed by atoms with Crippen molar-refractivity contribution in [2.45, 2.75) is 6.92 Å². The lowest BCUT2D eigenvalue weighted by Crippen LogP contribution is -1.95. The van der Waals surface area contributed by atoms with Crippen LogP contribution in [0, 0.1) is 6.92 Å². The molecule has 3 aromatic heterocycles. The molecule has 1 N–H and O–H groups in total. The minimum Gasteiger partial charge on any atom is -0.312 e. The van der Waals surface area contributed by atoms with E-state index in [0.717, 1.165) is 22.5 Å². The van der Waals surface area contributed by atoms with Crippen molar-refractivity contribution < 1.29 is 4.79 Å². The molecule has 1 amide bonds. The third-order valence-electron chi connectivity index (χ3n) is 3.05. The molecule has 0 saturated heterocycles. The fourth-order valence-electron chi connectivity index (χ4n) is 2.22. The summed E-state index contributed by atoms with van der Waals surface area (Å²) in [4.78, 5) is 14.7. The van der Waals surface area contributed by atoms with Crippen LogP contribution in [0.1, 0.15) is 5.56 Å². The molecular formula is C13H13N5O. The minimum atomic E-state index is 0.536. The average Bonchev–Trinajstić information content (AvgIpc) is 2.92. The van der Waals surface area contributed by atoms with Crippen LogP contribution < -0.4 is 5.32 Å². The van der Waals surface area contributed by atoms with Crippen LogP contribution in [0.2, 0.25) is 0 Å². The van der Waals surface area contributed by atoms with Crippen LogP contribution in [0.15, 0.2) is 30.7 Å². The van der Waals surface area contributed by atoms with Gasteiger partial charge >= 0.3 is 0 Å². The highest BCUT2D eigenvalue weighted by molar-refractivity contribution is 5.71. The van der Waals surface area contributed by atoms with Gasteiger partial charge in [-0.2, -0.15) is 5.10 Å². The molecule has 3 aromatic rings. The Bertz CT molecular complexity index is 736. The average molecular weight is 255 g/mol. The van der Waals surface area contributed by atoms with Crippen molar-refractivity contribution >= 4 is 17.9 Å². The summed E-state index contributed by atoms with van der Waals surface area (Å²) in [6.45, 7) is 2.03. The Morgan fingerprint density at radius 1 is 1.32 bits per heavy atom. The van der Waals surface area contributed by atoms with Crippen LogP contribution in [0.3, 0.4) is 0 Å². The number of nitrogens with zero attached hydrogens (tertiary/aromatic N) is 4. The number of carbonyl (C=O) groups excluding carboxylic acids is 1. The van der Waals surface area contributed by atoms with Crippen LogP contribution in [0.25, 0.3) is 16.9 Å². The van der Waals surface area contributed by atoms with E-state index in [4.69, 9.17) is 0 Å². The lowest BCUT2D eigenvalue weighted by Gasteiger charge is -2.04. The molecule has 0 radical (unpaired) electrons. The van der Waals surface area contributed by atoms with Crippen LogP contribution in [-0.2, 0) is 11.8 Å². The van der Waals surface area contributed by atoms with E-state index in [0.29, 0.717) is 12.2 Å². The van der Waals surface area contributed by atoms with Gasteiger partial charge in [0, 0.05) is 18.8 Å². The van der Waals surface area contributed by atoms with Gasteiger partial charge < -0.3 is 9.72 Å². The molecule has 0 spiro atoms. The summed E-state index contributed by atoms with van der Waals surface area (Å²) in [7, 11) is 1.92. The molecule has 3 rings (SSSR count). The quantitative estimate of drug-likeness (QED) is 0.723. The van der Waals surface area contributed by atoms with E-state index in [9.17, 15) is 4.79 Å². The highest BCUT2D eigenvalue weighted by atomic mass is 16.1. The number of aromatic nitrogens is 4. The van der Waals surface area contributed by atoms with Gasteiger partial charge in [-0.25, -0.2) is 4.98 Å². The Morgan fingerprint density at radius 2 is 2.16 bits per heavy atom. The number of carbonyl (C=O) groups is 1. The molecule has 0 saturated carbocycles. The number of fused-ring (bicyclic) bond motifs is 1. The molecule has 3 heterocycles. The van der Waals surface area contributed by atoms with E-state index in [1.807, 2.05) is 47.6 Å². The summed E-state index contributed by atoms with van der Waals surface area (Å²) in [5.74, 6) is 0.536. The molecule has 19 heavy (non-hydrogen) atoms. The summed E-state index contributed by atoms with van der Waals surface area (Å²) in [5.41, 5.74) is 4.03. The first-order valence-electron chi connectivity index (χ1n) is 5.87. The maximum absolute atomic E-state index is 10.4. The van der Waals surface area contributed by atoms with Gasteiger partial charge in [0.2, 0.25) is 6.41 Å². The van der Waals surface area contributed by atoms with Crippen LogP contribution in [0.4, 0.5) is 5.82 Å². The van der Waals surface area contributed by atoms with Crippen LogP contribution in [-0.4, -0.2) is 25.6 Å². The predicted octanol–water partition coefficient (Wildman–Crippen LogP) is 1.61. The van der Waals surface area contributed by atoms with Crippen molar-refractivity contribution in [1.29, 1.82) is 0 Å². The Labute approximate surface area is 109 Å². The van der Waals surface area contributed by atoms with Crippen molar-refractivity contribution in [2.75, 3.05) is 5.32 Å². The smallest absolute Gasteiger partial charge is 0.212 e. The molecule has 0 bridgehead atoms. The second kappa shape index (κ2) is 4.24. The first-order chi connectivity index (χ1) is 9.19. The van der Waals surface area contributed by atoms with E-state index in [-0.39, 0.29) is 0 Å². The maximum atomic E-state index is 10.4. The van der Waals surface area contributed by atoms with Crippen molar-refractivity contribution in [2.24, 2.45) is 7.05 Å². The van der Waals surface area contributed by atoms with E-state index in [1.54, 1.807) is 6.20 Å². The normalized spacial score (nSPS) is 10.8. The van der Waals surface area contributed by atoms with Gasteiger partial charge in [0.1, 0.15) is 5.65 Å². The van der Waals surface area contributed by atoms with Crippen LogP contribution >= 0.6 is 0 Å². The Balaban J connectivity index is 2.13. The molecule has 0 atom stereocenters. The zero-order chi connectivity index (χ0) is 13.4. The van der Waals surface area contributed by atoms with Gasteiger partial charge in [-0.15, -0.1) is 0 Å². The lowest BCUT2D eigenvalue weighted by molar-refractivity contribution is -0.105. The summed E-state index contributed by atoms with van der Waals surface area (Å²) < 4.78 is 3.73. The van der Waals surface area contributed by atoms with Gasteiger partial charge in [0.25, 0.3) is 0 Å². The molecule has 0 aliphatic carbocycles. The fraction of sp³-hybridized carbons (Fsp3) is 0.154. The number of aryl methyl sites for hydroxylation is 2. The van der Waals surface area contributed by atoms with E-state index in [2.05, 4.69) is 15.4 Å². The second-order valence-electron chi connectivity index (χ2n) is 4.37. The molecule has 6 heteroatoms. The van der Waals surface area contributed by atoms with Crippen molar-refractivity contribution in [3.8, 4) is 11.3 Å². The predicted molar refractivity (Wildman–Crippen MR) is 71.8 cm³/mol. The zero-order valence-corrected chi connectivity index (χ0v) is 10.7. The topological polar surface area (TPSA) is 64.2 Å². The standard InChI is InChI=1S/C13H13N5O/c1-9-5-15-17(2)13(9)10-3-4-12-16-11(14-8-19)7-18(12)6-10/h3-8H,1-2H3,(H,14,19). The molecular weight excluding hydrogens is 242 g/mol. The minimum absolute atomic E-state index is 0.536. The first kappa shape index (κ1) is 11.5. The van der Waals surface area contributed by atoms with E-state index in [1.165, 1.54) is 0 Å². The van der Waals surface area contributed by atoms with Gasteiger partial charge in [0.15, 0.2) is 5.82 Å². The monoisotopic (exact) mass is 255 g/mol. The first-order valence-corrected chi connectivity index (χ1v) is 5.87. The van der Waals surface area contributed by atoms with Crippen LogP contribution in [0.5, 0.6) is 0 Å². The Kier molecular flexibility index (Phi) is 2.56. The lowest BCUT2D eigenvalue weighted by atomic mass is 10.1. The molecule has 0 unspecified atom stereocenters. The molecule has 6 nitrogen and oxygen atoms in total. The van der Waals surface area contributed by atoms with Gasteiger partial charge in [-0.05, 0) is 24.6 Å². The third-order valence-corrected chi connectivity index (χ3v) is 3.05. The van der Waals surface area contributed by atoms with Gasteiger partial charge in [-0.1, -0.05) is 0 Å². The summed E-state index contributed by atoms with van der Waals surface area (Å²) in [5, 5.41) is 6.78. The number of imidazole rings is 1. The summed E-state index contributed by atoms with van der Waals surface area (Å²) in [6.07, 6.45) is 6.21. The SMILES string of the molecule is Cc1cnn(C)c1-c1ccc2nc(NC=O)cn2c1. The molecule has 0 aliphatic heterocycles. The number of pyridine rings is 1. The van der Waals surface area contributed by atoms with Gasteiger partial charge in [-0.3, -0.25) is 9.48 Å². The van der Waals surface area contributed by atoms with Crippen molar-refractivity contribution in [3.63, 3.8) is 0 Å². The number of rotatable bonds is 3. The number of hydrogen-bond acceptors (Lipinski definition) is 3. The van der Waals surface area contributed by atoms with E-state index < -0.39 is 0 Å². The molecule has 0 aromatic carbocycles. The third kappa shape index (κ3) is 1.87. The Hall–Kier alpha value is -2.63. The number of amides is 1. The number of anilines is 1. The van der Waals surface area contributed by atoms with E-state index >= 15 is 0 Å². The number of hydrogen-bond donors (Lipinski definition) is 1. The number of nitrogens with one attached hydrogen (secondary N) is 1. The Morgan fingerprint density at radius 3 is 2.84 bits per heavy atom. The maximum Gasteiger partial charge on any atom is 0.212 e. The van der Waals surface area contributed by atoms with Gasteiger partial charge in [0.05, 0.1) is 18.1 Å². The fourth-order valence-corrected chi connectivity index (χ4v) is 2.22. The highest BCUT2D eigenvalue weighted by Crippen LogP contribution is 2.23. The van der Waals surface area contributed by atoms with Crippen molar-refractivity contribution in [3.05, 3.63) is 36.3 Å². The summed E-state index contributed by atoms with van der Waals surface area (Å²) in [6, 6.07) is 3.91. The molecule has 0 fully saturated rings. The highest BCUT2D eigenvalue weighted by Gasteiger charge is 2.09.